The van der Waals surface area contributed by atoms with Crippen molar-refractivity contribution in [2.45, 2.75) is 39.2 Å². The summed E-state index contributed by atoms with van der Waals surface area (Å²) in [5.74, 6) is -2.50. The van der Waals surface area contributed by atoms with Gasteiger partial charge in [0.1, 0.15) is 6.04 Å². The van der Waals surface area contributed by atoms with E-state index >= 15 is 0 Å². The highest BCUT2D eigenvalue weighted by Crippen LogP contribution is 2.19. The second-order valence-electron chi connectivity index (χ2n) is 2.61. The summed E-state index contributed by atoms with van der Waals surface area (Å²) in [6, 6.07) is -1.03. The Hall–Kier alpha value is -0.670. The highest BCUT2D eigenvalue weighted by atomic mass is 19.3. The molecule has 2 nitrogen and oxygen atoms in total. The highest BCUT2D eigenvalue weighted by Gasteiger charge is 2.29. The van der Waals surface area contributed by atoms with Gasteiger partial charge in [-0.3, -0.25) is 4.99 Å². The van der Waals surface area contributed by atoms with Crippen LogP contribution < -0.4 is 5.73 Å². The molecule has 0 saturated heterocycles. The molecule has 0 spiro atoms. The molecule has 0 bridgehead atoms. The van der Waals surface area contributed by atoms with Gasteiger partial charge in [0.15, 0.2) is 0 Å². The Labute approximate surface area is 65.5 Å². The van der Waals surface area contributed by atoms with Crippen molar-refractivity contribution >= 4 is 5.84 Å². The fourth-order valence-corrected chi connectivity index (χ4v) is 0.453. The topological polar surface area (TPSA) is 38.4 Å². The molecule has 2 N–H and O–H groups in total. The second kappa shape index (κ2) is 3.64. The average Bonchev–Trinajstić information content (AvgIpc) is 1.85. The number of hydrogen-bond donors (Lipinski definition) is 1. The van der Waals surface area contributed by atoms with E-state index in [1.165, 1.54) is 6.92 Å². The van der Waals surface area contributed by atoms with Gasteiger partial charge in [-0.05, 0) is 6.92 Å². The van der Waals surface area contributed by atoms with Crippen LogP contribution in [0.5, 0.6) is 0 Å². The van der Waals surface area contributed by atoms with Gasteiger partial charge in [-0.15, -0.1) is 0 Å². The molecule has 66 valence electrons. The van der Waals surface area contributed by atoms with Gasteiger partial charge >= 0.3 is 0 Å². The highest BCUT2D eigenvalue weighted by molar-refractivity contribution is 5.80. The first-order valence-electron chi connectivity index (χ1n) is 3.58. The number of alkyl halides is 2. The number of rotatable bonds is 3. The van der Waals surface area contributed by atoms with Crippen LogP contribution in [0.4, 0.5) is 8.78 Å². The molecule has 0 saturated carbocycles. The van der Waals surface area contributed by atoms with Crippen molar-refractivity contribution in [2.24, 2.45) is 10.7 Å². The van der Waals surface area contributed by atoms with E-state index in [9.17, 15) is 8.78 Å². The number of hydrogen-bond acceptors (Lipinski definition) is 1. The molecule has 0 fully saturated rings. The zero-order valence-electron chi connectivity index (χ0n) is 7.06. The summed E-state index contributed by atoms with van der Waals surface area (Å²) in [6.45, 7) is 3.96. The molecule has 0 aliphatic rings. The van der Waals surface area contributed by atoms with Crippen LogP contribution in [-0.2, 0) is 0 Å². The summed E-state index contributed by atoms with van der Waals surface area (Å²) in [4.78, 5) is 3.61. The summed E-state index contributed by atoms with van der Waals surface area (Å²) in [5.41, 5.74) is 5.29. The summed E-state index contributed by atoms with van der Waals surface area (Å²) in [6.07, 6.45) is 0.514. The number of nitrogens with two attached hydrogens (primary N) is 1. The van der Waals surface area contributed by atoms with E-state index in [0.29, 0.717) is 6.42 Å². The molecule has 4 heteroatoms. The Kier molecular flexibility index (Phi) is 3.42. The molecule has 0 aromatic rings. The average molecular weight is 164 g/mol. The second-order valence-corrected chi connectivity index (χ2v) is 2.61. The minimum absolute atomic E-state index is 0.277. The normalized spacial score (nSPS) is 16.6. The van der Waals surface area contributed by atoms with Crippen LogP contribution in [0.25, 0.3) is 0 Å². The fourth-order valence-electron chi connectivity index (χ4n) is 0.453. The van der Waals surface area contributed by atoms with Crippen molar-refractivity contribution in [3.8, 4) is 0 Å². The van der Waals surface area contributed by atoms with Crippen molar-refractivity contribution in [2.75, 3.05) is 0 Å². The molecule has 0 aromatic heterocycles. The third-order valence-corrected chi connectivity index (χ3v) is 1.46. The van der Waals surface area contributed by atoms with Crippen LogP contribution in [0.1, 0.15) is 27.2 Å². The SMILES string of the molecule is CCC(N)=NC(C)C(C)(F)F. The van der Waals surface area contributed by atoms with E-state index in [1.54, 1.807) is 6.92 Å². The van der Waals surface area contributed by atoms with Gasteiger partial charge in [0, 0.05) is 13.3 Å². The van der Waals surface area contributed by atoms with Gasteiger partial charge < -0.3 is 5.73 Å². The van der Waals surface area contributed by atoms with E-state index in [0.717, 1.165) is 6.92 Å². The van der Waals surface area contributed by atoms with Crippen LogP contribution in [0.15, 0.2) is 4.99 Å². The summed E-state index contributed by atoms with van der Waals surface area (Å²) < 4.78 is 24.9. The Morgan fingerprint density at radius 1 is 1.64 bits per heavy atom. The predicted molar refractivity (Wildman–Crippen MR) is 42.0 cm³/mol. The molecule has 0 rings (SSSR count). The first-order chi connectivity index (χ1) is 4.88. The first kappa shape index (κ1) is 10.3. The molecule has 0 aromatic carbocycles. The molecule has 0 radical (unpaired) electrons. The van der Waals surface area contributed by atoms with Crippen molar-refractivity contribution in [1.82, 2.24) is 0 Å². The zero-order chi connectivity index (χ0) is 9.07. The van der Waals surface area contributed by atoms with E-state index in [1.807, 2.05) is 0 Å². The minimum atomic E-state index is -2.78. The van der Waals surface area contributed by atoms with Crippen LogP contribution in [-0.4, -0.2) is 17.8 Å². The molecule has 0 amide bonds. The summed E-state index contributed by atoms with van der Waals surface area (Å²) in [5, 5.41) is 0. The standard InChI is InChI=1S/C7H14F2N2/c1-4-6(10)11-5(2)7(3,8)9/h5H,4H2,1-3H3,(H2,10,11). The lowest BCUT2D eigenvalue weighted by Crippen LogP contribution is -2.28. The Morgan fingerprint density at radius 3 is 2.36 bits per heavy atom. The minimum Gasteiger partial charge on any atom is -0.387 e. The fraction of sp³-hybridized carbons (Fsp3) is 0.857. The van der Waals surface area contributed by atoms with Gasteiger partial charge in [0.05, 0.1) is 5.84 Å². The maximum absolute atomic E-state index is 12.4. The number of amidine groups is 1. The monoisotopic (exact) mass is 164 g/mol. The molecule has 0 aliphatic carbocycles. The number of aliphatic imine (C=N–C) groups is 1. The van der Waals surface area contributed by atoms with Gasteiger partial charge in [-0.25, -0.2) is 8.78 Å². The molecule has 0 aliphatic heterocycles. The maximum atomic E-state index is 12.4. The lowest BCUT2D eigenvalue weighted by atomic mass is 10.2. The first-order valence-corrected chi connectivity index (χ1v) is 3.58. The largest absolute Gasteiger partial charge is 0.387 e. The van der Waals surface area contributed by atoms with Gasteiger partial charge in [-0.1, -0.05) is 6.92 Å². The van der Waals surface area contributed by atoms with Crippen molar-refractivity contribution < 1.29 is 8.78 Å². The van der Waals surface area contributed by atoms with E-state index in [4.69, 9.17) is 5.73 Å². The molecule has 11 heavy (non-hydrogen) atoms. The van der Waals surface area contributed by atoms with Crippen LogP contribution >= 0.6 is 0 Å². The van der Waals surface area contributed by atoms with Gasteiger partial charge in [0.2, 0.25) is 0 Å². The molecule has 1 unspecified atom stereocenters. The van der Waals surface area contributed by atoms with Gasteiger partial charge in [0.25, 0.3) is 5.92 Å². The quantitative estimate of drug-likeness (QED) is 0.501. The van der Waals surface area contributed by atoms with E-state index in [2.05, 4.69) is 4.99 Å². The van der Waals surface area contributed by atoms with Crippen molar-refractivity contribution in [3.63, 3.8) is 0 Å². The molecule has 1 atom stereocenters. The molecular formula is C7H14F2N2. The lowest BCUT2D eigenvalue weighted by Gasteiger charge is -2.15. The van der Waals surface area contributed by atoms with Crippen LogP contribution in [0.2, 0.25) is 0 Å². The van der Waals surface area contributed by atoms with E-state index in [-0.39, 0.29) is 5.84 Å². The van der Waals surface area contributed by atoms with Crippen LogP contribution in [0.3, 0.4) is 0 Å². The lowest BCUT2D eigenvalue weighted by molar-refractivity contribution is 0.00125. The summed E-state index contributed by atoms with van der Waals surface area (Å²) >= 11 is 0. The zero-order valence-corrected chi connectivity index (χ0v) is 7.06. The van der Waals surface area contributed by atoms with Crippen molar-refractivity contribution in [3.05, 3.63) is 0 Å². The van der Waals surface area contributed by atoms with Gasteiger partial charge in [-0.2, -0.15) is 0 Å². The van der Waals surface area contributed by atoms with Crippen molar-refractivity contribution in [1.29, 1.82) is 0 Å². The van der Waals surface area contributed by atoms with E-state index < -0.39 is 12.0 Å². The Bertz CT molecular complexity index is 149. The maximum Gasteiger partial charge on any atom is 0.267 e. The molecular weight excluding hydrogens is 150 g/mol. The number of halogens is 2. The van der Waals surface area contributed by atoms with Crippen LogP contribution in [0, 0.1) is 0 Å². The Morgan fingerprint density at radius 2 is 2.09 bits per heavy atom. The number of nitrogens with zero attached hydrogens (tertiary/aromatic N) is 1. The molecule has 0 heterocycles. The third kappa shape index (κ3) is 3.91. The smallest absolute Gasteiger partial charge is 0.267 e. The Balaban J connectivity index is 4.17. The predicted octanol–water partition coefficient (Wildman–Crippen LogP) is 1.80. The third-order valence-electron chi connectivity index (χ3n) is 1.46. The summed E-state index contributed by atoms with van der Waals surface area (Å²) in [7, 11) is 0.